The summed E-state index contributed by atoms with van der Waals surface area (Å²) in [5.74, 6) is -0.0831. The summed E-state index contributed by atoms with van der Waals surface area (Å²) in [6.07, 6.45) is -3.40. The minimum Gasteiger partial charge on any atom is -0.395 e. The lowest BCUT2D eigenvalue weighted by atomic mass is 10.2. The molecule has 0 bridgehead atoms. The quantitative estimate of drug-likeness (QED) is 0.550. The standard InChI is InChI=1S/C17H19F3N6O3/c18-17(19,20)12-2-1-3-13(10-12)23-15-14(26(28)29)16(22-11-21-15)25-6-4-24(5-7-25)8-9-27/h1-3,10-11,27H,4-9H2,(H,21,22,23). The highest BCUT2D eigenvalue weighted by Crippen LogP contribution is 2.35. The fourth-order valence-electron chi connectivity index (χ4n) is 3.10. The molecule has 0 radical (unpaired) electrons. The van der Waals surface area contributed by atoms with E-state index in [4.69, 9.17) is 5.11 Å². The number of benzene rings is 1. The van der Waals surface area contributed by atoms with Gasteiger partial charge >= 0.3 is 11.9 Å². The number of nitrogens with one attached hydrogen (secondary N) is 1. The molecule has 1 aliphatic heterocycles. The summed E-state index contributed by atoms with van der Waals surface area (Å²) < 4.78 is 38.8. The van der Waals surface area contributed by atoms with E-state index in [0.717, 1.165) is 18.5 Å². The van der Waals surface area contributed by atoms with Crippen LogP contribution in [0.25, 0.3) is 0 Å². The summed E-state index contributed by atoms with van der Waals surface area (Å²) in [6, 6.07) is 4.35. The molecule has 0 amide bonds. The van der Waals surface area contributed by atoms with Gasteiger partial charge < -0.3 is 15.3 Å². The number of alkyl halides is 3. The number of nitro groups is 1. The van der Waals surface area contributed by atoms with E-state index in [1.54, 1.807) is 4.90 Å². The van der Waals surface area contributed by atoms with Gasteiger partial charge in [0.2, 0.25) is 11.6 Å². The Bertz CT molecular complexity index is 872. The van der Waals surface area contributed by atoms with Gasteiger partial charge in [0.05, 0.1) is 17.1 Å². The number of aliphatic hydroxyl groups excluding tert-OH is 1. The Morgan fingerprint density at radius 3 is 2.55 bits per heavy atom. The van der Waals surface area contributed by atoms with Gasteiger partial charge in [0.25, 0.3) is 0 Å². The highest BCUT2D eigenvalue weighted by molar-refractivity contribution is 5.74. The molecule has 0 aliphatic carbocycles. The van der Waals surface area contributed by atoms with Crippen LogP contribution in [0.2, 0.25) is 0 Å². The van der Waals surface area contributed by atoms with Crippen molar-refractivity contribution in [2.75, 3.05) is 49.5 Å². The number of piperazine rings is 1. The van der Waals surface area contributed by atoms with Crippen LogP contribution in [0.1, 0.15) is 5.56 Å². The summed E-state index contributed by atoms with van der Waals surface area (Å²) >= 11 is 0. The molecule has 2 N–H and O–H groups in total. The summed E-state index contributed by atoms with van der Waals surface area (Å²) in [4.78, 5) is 22.7. The molecule has 1 aromatic carbocycles. The number of aromatic nitrogens is 2. The number of anilines is 3. The molecule has 0 atom stereocenters. The molecule has 1 aromatic heterocycles. The van der Waals surface area contributed by atoms with Crippen molar-refractivity contribution in [3.05, 3.63) is 46.3 Å². The monoisotopic (exact) mass is 412 g/mol. The average molecular weight is 412 g/mol. The molecular weight excluding hydrogens is 393 g/mol. The van der Waals surface area contributed by atoms with E-state index in [1.807, 2.05) is 4.90 Å². The summed E-state index contributed by atoms with van der Waals surface area (Å²) in [7, 11) is 0. The van der Waals surface area contributed by atoms with Crippen molar-refractivity contribution in [3.63, 3.8) is 0 Å². The molecule has 0 unspecified atom stereocenters. The van der Waals surface area contributed by atoms with Crippen LogP contribution in [0, 0.1) is 10.1 Å². The van der Waals surface area contributed by atoms with Crippen molar-refractivity contribution in [2.24, 2.45) is 0 Å². The molecule has 3 rings (SSSR count). The van der Waals surface area contributed by atoms with Gasteiger partial charge in [0, 0.05) is 38.4 Å². The lowest BCUT2D eigenvalue weighted by Gasteiger charge is -2.34. The normalized spacial score (nSPS) is 15.4. The number of nitrogens with zero attached hydrogens (tertiary/aromatic N) is 5. The zero-order chi connectivity index (χ0) is 21.0. The first-order chi connectivity index (χ1) is 13.8. The molecule has 156 valence electrons. The molecule has 1 aliphatic rings. The fraction of sp³-hybridized carbons (Fsp3) is 0.412. The van der Waals surface area contributed by atoms with Crippen molar-refractivity contribution < 1.29 is 23.2 Å². The first-order valence-corrected chi connectivity index (χ1v) is 8.81. The molecule has 29 heavy (non-hydrogen) atoms. The Hall–Kier alpha value is -2.99. The Kier molecular flexibility index (Phi) is 6.13. The maximum absolute atomic E-state index is 12.9. The molecule has 12 heteroatoms. The predicted octanol–water partition coefficient (Wildman–Crippen LogP) is 2.26. The van der Waals surface area contributed by atoms with Crippen LogP contribution < -0.4 is 10.2 Å². The molecule has 0 spiro atoms. The third-order valence-corrected chi connectivity index (χ3v) is 4.53. The average Bonchev–Trinajstić information content (AvgIpc) is 2.68. The zero-order valence-electron chi connectivity index (χ0n) is 15.3. The zero-order valence-corrected chi connectivity index (χ0v) is 15.3. The van der Waals surface area contributed by atoms with Crippen molar-refractivity contribution in [1.29, 1.82) is 0 Å². The highest BCUT2D eigenvalue weighted by Gasteiger charge is 2.32. The molecule has 2 heterocycles. The first kappa shape index (κ1) is 20.7. The van der Waals surface area contributed by atoms with Crippen molar-refractivity contribution in [1.82, 2.24) is 14.9 Å². The van der Waals surface area contributed by atoms with Gasteiger partial charge in [-0.1, -0.05) is 6.07 Å². The number of β-amino-alcohol motifs (C(OH)–C–C–N with tert-alkyl or cyclic N) is 1. The van der Waals surface area contributed by atoms with Crippen LogP contribution in [0.3, 0.4) is 0 Å². The number of hydrogen-bond acceptors (Lipinski definition) is 8. The molecule has 9 nitrogen and oxygen atoms in total. The van der Waals surface area contributed by atoms with Crippen LogP contribution in [-0.2, 0) is 6.18 Å². The largest absolute Gasteiger partial charge is 0.416 e. The van der Waals surface area contributed by atoms with E-state index in [-0.39, 0.29) is 23.9 Å². The first-order valence-electron chi connectivity index (χ1n) is 8.81. The van der Waals surface area contributed by atoms with Gasteiger partial charge in [0.15, 0.2) is 0 Å². The fourth-order valence-corrected chi connectivity index (χ4v) is 3.10. The van der Waals surface area contributed by atoms with E-state index < -0.39 is 22.4 Å². The van der Waals surface area contributed by atoms with Gasteiger partial charge in [-0.25, -0.2) is 9.97 Å². The van der Waals surface area contributed by atoms with E-state index in [1.165, 1.54) is 12.1 Å². The Morgan fingerprint density at radius 2 is 1.93 bits per heavy atom. The highest BCUT2D eigenvalue weighted by atomic mass is 19.4. The molecule has 1 saturated heterocycles. The van der Waals surface area contributed by atoms with Gasteiger partial charge in [-0.2, -0.15) is 13.2 Å². The molecule has 1 fully saturated rings. The Morgan fingerprint density at radius 1 is 1.21 bits per heavy atom. The van der Waals surface area contributed by atoms with Crippen LogP contribution >= 0.6 is 0 Å². The second-order valence-electron chi connectivity index (χ2n) is 6.41. The van der Waals surface area contributed by atoms with Gasteiger partial charge in [-0.15, -0.1) is 0 Å². The predicted molar refractivity (Wildman–Crippen MR) is 99.2 cm³/mol. The van der Waals surface area contributed by atoms with E-state index in [0.29, 0.717) is 32.7 Å². The van der Waals surface area contributed by atoms with Crippen LogP contribution in [0.5, 0.6) is 0 Å². The lowest BCUT2D eigenvalue weighted by Crippen LogP contribution is -2.47. The van der Waals surface area contributed by atoms with Gasteiger partial charge in [0.1, 0.15) is 6.33 Å². The maximum Gasteiger partial charge on any atom is 0.416 e. The number of aliphatic hydroxyl groups is 1. The van der Waals surface area contributed by atoms with Crippen molar-refractivity contribution >= 4 is 23.0 Å². The smallest absolute Gasteiger partial charge is 0.395 e. The van der Waals surface area contributed by atoms with Crippen LogP contribution in [0.15, 0.2) is 30.6 Å². The SMILES string of the molecule is O=[N+]([O-])c1c(Nc2cccc(C(F)(F)F)c2)ncnc1N1CCN(CCO)CC1. The minimum atomic E-state index is -4.53. The van der Waals surface area contributed by atoms with E-state index >= 15 is 0 Å². The second kappa shape index (κ2) is 8.57. The van der Waals surface area contributed by atoms with E-state index in [9.17, 15) is 23.3 Å². The molecule has 0 saturated carbocycles. The second-order valence-corrected chi connectivity index (χ2v) is 6.41. The van der Waals surface area contributed by atoms with E-state index in [2.05, 4.69) is 15.3 Å². The Balaban J connectivity index is 1.87. The summed E-state index contributed by atoms with van der Waals surface area (Å²) in [5.41, 5.74) is -1.25. The summed E-state index contributed by atoms with van der Waals surface area (Å²) in [6.45, 7) is 2.65. The third-order valence-electron chi connectivity index (χ3n) is 4.53. The van der Waals surface area contributed by atoms with Crippen LogP contribution in [0.4, 0.5) is 36.2 Å². The summed E-state index contributed by atoms with van der Waals surface area (Å²) in [5, 5.41) is 23.3. The van der Waals surface area contributed by atoms with Crippen molar-refractivity contribution in [2.45, 2.75) is 6.18 Å². The Labute approximate surface area is 163 Å². The number of halogens is 3. The molecular formula is C17H19F3N6O3. The van der Waals surface area contributed by atoms with Crippen LogP contribution in [-0.4, -0.2) is 64.2 Å². The topological polar surface area (TPSA) is 108 Å². The minimum absolute atomic E-state index is 0.0265. The van der Waals surface area contributed by atoms with Gasteiger partial charge in [-0.05, 0) is 18.2 Å². The number of hydrogen-bond donors (Lipinski definition) is 2. The maximum atomic E-state index is 12.9. The third kappa shape index (κ3) is 4.90. The van der Waals surface area contributed by atoms with Crippen molar-refractivity contribution in [3.8, 4) is 0 Å². The lowest BCUT2D eigenvalue weighted by molar-refractivity contribution is -0.383. The number of rotatable bonds is 6. The molecule has 2 aromatic rings. The van der Waals surface area contributed by atoms with Gasteiger partial charge in [-0.3, -0.25) is 15.0 Å².